The van der Waals surface area contributed by atoms with Gasteiger partial charge in [0.1, 0.15) is 0 Å². The number of carbonyl (C=O) groups excluding carboxylic acids is 1. The van der Waals surface area contributed by atoms with Crippen molar-refractivity contribution in [3.8, 4) is 22.4 Å². The van der Waals surface area contributed by atoms with Gasteiger partial charge in [0.15, 0.2) is 11.5 Å². The van der Waals surface area contributed by atoms with E-state index in [2.05, 4.69) is 20.3 Å². The molecule has 1 amide bonds. The second kappa shape index (κ2) is 10.2. The van der Waals surface area contributed by atoms with E-state index in [1.165, 1.54) is 55.0 Å². The number of alkyl halides is 3. The Morgan fingerprint density at radius 2 is 1.49 bits per heavy atom. The second-order valence-electron chi connectivity index (χ2n) is 8.21. The molecule has 12 heteroatoms. The van der Waals surface area contributed by atoms with Crippen LogP contribution in [0, 0.1) is 0 Å². The number of hydrogen-bond acceptors (Lipinski definition) is 6. The minimum atomic E-state index is -4.88. The summed E-state index contributed by atoms with van der Waals surface area (Å²) in [6, 6.07) is 18.8. The molecule has 5 rings (SSSR count). The number of rotatable bonds is 6. The molecule has 5 aromatic rings. The van der Waals surface area contributed by atoms with Gasteiger partial charge in [-0.05, 0) is 65.7 Å². The number of pyridine rings is 1. The lowest BCUT2D eigenvalue weighted by Gasteiger charge is -2.23. The maximum Gasteiger partial charge on any atom is 0.435 e. The summed E-state index contributed by atoms with van der Waals surface area (Å²) in [7, 11) is 0. The van der Waals surface area contributed by atoms with Crippen LogP contribution in [0.25, 0.3) is 22.4 Å². The van der Waals surface area contributed by atoms with E-state index >= 15 is 0 Å². The lowest BCUT2D eigenvalue weighted by molar-refractivity contribution is -0.143. The topological polar surface area (TPSA) is 114 Å². The summed E-state index contributed by atoms with van der Waals surface area (Å²) in [6.07, 6.45) is -0.736. The van der Waals surface area contributed by atoms with Crippen LogP contribution in [-0.4, -0.2) is 42.1 Å². The van der Waals surface area contributed by atoms with Crippen LogP contribution in [0.2, 0.25) is 0 Å². The molecule has 0 aliphatic carbocycles. The summed E-state index contributed by atoms with van der Waals surface area (Å²) in [5.74, 6) is -2.20. The van der Waals surface area contributed by atoms with E-state index in [0.717, 1.165) is 6.07 Å². The number of carbonyl (C=O) groups is 2. The Morgan fingerprint density at radius 1 is 0.821 bits per heavy atom. The van der Waals surface area contributed by atoms with Crippen molar-refractivity contribution in [2.45, 2.75) is 6.18 Å². The van der Waals surface area contributed by atoms with Crippen molar-refractivity contribution in [1.29, 1.82) is 0 Å². The molecule has 0 bridgehead atoms. The van der Waals surface area contributed by atoms with Gasteiger partial charge in [0, 0.05) is 29.7 Å². The van der Waals surface area contributed by atoms with Crippen molar-refractivity contribution >= 4 is 17.7 Å². The van der Waals surface area contributed by atoms with Crippen LogP contribution in [0.1, 0.15) is 26.4 Å². The highest BCUT2D eigenvalue weighted by Crippen LogP contribution is 2.34. The fourth-order valence-electron chi connectivity index (χ4n) is 3.85. The predicted molar refractivity (Wildman–Crippen MR) is 134 cm³/mol. The maximum absolute atomic E-state index is 14.2. The van der Waals surface area contributed by atoms with Crippen LogP contribution in [0.15, 0.2) is 97.5 Å². The Morgan fingerprint density at radius 3 is 2.10 bits per heavy atom. The zero-order valence-electron chi connectivity index (χ0n) is 19.8. The smallest absolute Gasteiger partial charge is 0.435 e. The van der Waals surface area contributed by atoms with Gasteiger partial charge in [-0.25, -0.2) is 4.79 Å². The quantitative estimate of drug-likeness (QED) is 0.320. The fraction of sp³-hybridized carbons (Fsp3) is 0.0370. The second-order valence-corrected chi connectivity index (χ2v) is 8.21. The van der Waals surface area contributed by atoms with Crippen molar-refractivity contribution in [3.63, 3.8) is 0 Å². The third-order valence-electron chi connectivity index (χ3n) is 5.65. The van der Waals surface area contributed by atoms with Crippen molar-refractivity contribution in [1.82, 2.24) is 25.1 Å². The molecule has 3 heterocycles. The van der Waals surface area contributed by atoms with E-state index < -0.39 is 23.7 Å². The molecule has 0 unspecified atom stereocenters. The molecule has 0 aliphatic rings. The van der Waals surface area contributed by atoms with Crippen molar-refractivity contribution < 1.29 is 27.9 Å². The Hall–Kier alpha value is -5.39. The number of amides is 1. The van der Waals surface area contributed by atoms with Gasteiger partial charge >= 0.3 is 12.1 Å². The van der Waals surface area contributed by atoms with Gasteiger partial charge < -0.3 is 5.11 Å². The summed E-state index contributed by atoms with van der Waals surface area (Å²) >= 11 is 0. The molecule has 39 heavy (non-hydrogen) atoms. The Kier molecular flexibility index (Phi) is 6.59. The van der Waals surface area contributed by atoms with Crippen LogP contribution >= 0.6 is 0 Å². The lowest BCUT2D eigenvalue weighted by Crippen LogP contribution is -2.40. The molecule has 0 saturated heterocycles. The molecule has 1 N–H and O–H groups in total. The van der Waals surface area contributed by atoms with Crippen LogP contribution in [0.3, 0.4) is 0 Å². The third-order valence-corrected chi connectivity index (χ3v) is 5.65. The van der Waals surface area contributed by atoms with E-state index in [1.54, 1.807) is 36.4 Å². The summed E-state index contributed by atoms with van der Waals surface area (Å²) in [5.41, 5.74) is 0.0703. The number of carboxylic acids is 1. The number of benzene rings is 2. The monoisotopic (exact) mass is 530 g/mol. The van der Waals surface area contributed by atoms with Gasteiger partial charge in [-0.2, -0.15) is 33.2 Å². The minimum absolute atomic E-state index is 0.00503. The third kappa shape index (κ3) is 5.21. The van der Waals surface area contributed by atoms with Crippen LogP contribution in [0.4, 0.5) is 19.0 Å². The van der Waals surface area contributed by atoms with Gasteiger partial charge in [-0.1, -0.05) is 24.3 Å². The number of nitrogens with zero attached hydrogens (tertiary/aromatic N) is 6. The summed E-state index contributed by atoms with van der Waals surface area (Å²) in [6.45, 7) is 0. The molecule has 9 nitrogen and oxygen atoms in total. The van der Waals surface area contributed by atoms with Gasteiger partial charge in [-0.3, -0.25) is 9.78 Å². The number of hydrogen-bond donors (Lipinski definition) is 1. The van der Waals surface area contributed by atoms with E-state index in [1.807, 2.05) is 0 Å². The molecule has 0 radical (unpaired) electrons. The van der Waals surface area contributed by atoms with Gasteiger partial charge in [0.05, 0.1) is 11.3 Å². The zero-order chi connectivity index (χ0) is 27.6. The molecule has 3 aromatic heterocycles. The molecular formula is C27H17F3N6O3. The minimum Gasteiger partial charge on any atom is -0.478 e. The first kappa shape index (κ1) is 25.3. The fourth-order valence-corrected chi connectivity index (χ4v) is 3.85. The standard InChI is InChI=1S/C27H17F3N6O3/c28-27(29,30)23-15-22(21-9-3-11-31-16-21)34-36(23)35(24-10-4-12-32-33-24)25(37)19-7-1-5-17(13-19)18-6-2-8-20(14-18)26(38)39/h1-16H,(H,38,39). The largest absolute Gasteiger partial charge is 0.478 e. The number of halogens is 3. The van der Waals surface area contributed by atoms with Crippen molar-refractivity contribution in [2.75, 3.05) is 5.01 Å². The van der Waals surface area contributed by atoms with Crippen LogP contribution in [0.5, 0.6) is 0 Å². The normalized spacial score (nSPS) is 11.3. The van der Waals surface area contributed by atoms with Gasteiger partial charge in [0.2, 0.25) is 0 Å². The first-order chi connectivity index (χ1) is 18.7. The van der Waals surface area contributed by atoms with E-state index in [-0.39, 0.29) is 22.6 Å². The number of aromatic nitrogens is 5. The number of carboxylic acid groups (broad SMARTS) is 1. The molecule has 194 valence electrons. The van der Waals surface area contributed by atoms with E-state index in [4.69, 9.17) is 0 Å². The summed E-state index contributed by atoms with van der Waals surface area (Å²) in [5, 5.41) is 21.7. The van der Waals surface area contributed by atoms with Crippen molar-refractivity contribution in [2.24, 2.45) is 0 Å². The molecular weight excluding hydrogens is 513 g/mol. The molecule has 0 atom stereocenters. The Labute approximate surface area is 218 Å². The van der Waals surface area contributed by atoms with E-state index in [0.29, 0.717) is 26.5 Å². The number of anilines is 1. The average Bonchev–Trinajstić information content (AvgIpc) is 3.40. The Balaban J connectivity index is 1.65. The molecule has 0 aliphatic heterocycles. The average molecular weight is 530 g/mol. The first-order valence-electron chi connectivity index (χ1n) is 11.4. The van der Waals surface area contributed by atoms with E-state index in [9.17, 15) is 27.9 Å². The molecule has 2 aromatic carbocycles. The maximum atomic E-state index is 14.2. The Bertz CT molecular complexity index is 1660. The van der Waals surface area contributed by atoms with Gasteiger partial charge in [-0.15, -0.1) is 5.10 Å². The highest BCUT2D eigenvalue weighted by molar-refractivity contribution is 6.06. The van der Waals surface area contributed by atoms with Gasteiger partial charge in [0.25, 0.3) is 5.91 Å². The molecule has 0 spiro atoms. The van der Waals surface area contributed by atoms with Crippen molar-refractivity contribution in [3.05, 3.63) is 114 Å². The molecule has 0 saturated carbocycles. The SMILES string of the molecule is O=C(O)c1cccc(-c2cccc(C(=O)N(c3cccnn3)n3nc(-c4cccnc4)cc3C(F)(F)F)c2)c1. The lowest BCUT2D eigenvalue weighted by atomic mass is 10.0. The zero-order valence-corrected chi connectivity index (χ0v) is 19.8. The summed E-state index contributed by atoms with van der Waals surface area (Å²) < 4.78 is 42.6. The number of aromatic carboxylic acids is 1. The predicted octanol–water partition coefficient (Wildman–Crippen LogP) is 5.23. The summed E-state index contributed by atoms with van der Waals surface area (Å²) in [4.78, 5) is 29.6. The molecule has 0 fully saturated rings. The highest BCUT2D eigenvalue weighted by Gasteiger charge is 2.40. The first-order valence-corrected chi connectivity index (χ1v) is 11.4. The van der Waals surface area contributed by atoms with Crippen LogP contribution < -0.4 is 5.01 Å². The highest BCUT2D eigenvalue weighted by atomic mass is 19.4. The van der Waals surface area contributed by atoms with Crippen LogP contribution in [-0.2, 0) is 6.18 Å².